The van der Waals surface area contributed by atoms with Gasteiger partial charge in [-0.3, -0.25) is 0 Å². The van der Waals surface area contributed by atoms with E-state index in [0.29, 0.717) is 17.3 Å². The van der Waals surface area contributed by atoms with Crippen molar-refractivity contribution in [3.63, 3.8) is 0 Å². The third kappa shape index (κ3) is 1.21. The lowest BCUT2D eigenvalue weighted by molar-refractivity contribution is 0.118. The van der Waals surface area contributed by atoms with Crippen molar-refractivity contribution in [2.75, 3.05) is 0 Å². The molecular weight excluding hydrogens is 132 g/mol. The molecule has 0 heterocycles. The summed E-state index contributed by atoms with van der Waals surface area (Å²) >= 11 is 0. The molecule has 0 aromatic heterocycles. The number of rotatable bonds is 0. The summed E-state index contributed by atoms with van der Waals surface area (Å²) in [5, 5.41) is 0. The minimum absolute atomic E-state index is 0.0878. The van der Waals surface area contributed by atoms with Gasteiger partial charge in [0.1, 0.15) is 0 Å². The average Bonchev–Trinajstić information content (AvgIpc) is 2.17. The lowest BCUT2D eigenvalue weighted by Gasteiger charge is -2.38. The highest BCUT2D eigenvalue weighted by Gasteiger charge is 2.42. The third-order valence-corrected chi connectivity index (χ3v) is 3.75. The van der Waals surface area contributed by atoms with Crippen molar-refractivity contribution in [3.8, 4) is 0 Å². The molecule has 2 fully saturated rings. The van der Waals surface area contributed by atoms with Crippen LogP contribution in [0, 0.1) is 23.1 Å². The van der Waals surface area contributed by atoms with E-state index < -0.39 is 0 Å². The van der Waals surface area contributed by atoms with Gasteiger partial charge in [-0.05, 0) is 48.8 Å². The lowest BCUT2D eigenvalue weighted by Crippen LogP contribution is -2.29. The fourth-order valence-corrected chi connectivity index (χ4v) is 3.13. The topological polar surface area (TPSA) is 0 Å². The largest absolute Gasteiger partial charge is 0.0620 e. The Balaban J connectivity index is 2.23. The van der Waals surface area contributed by atoms with Gasteiger partial charge >= 0.3 is 0 Å². The first-order valence-corrected chi connectivity index (χ1v) is 4.92. The van der Waals surface area contributed by atoms with Crippen LogP contribution in [0.1, 0.15) is 47.8 Å². The van der Waals surface area contributed by atoms with Crippen molar-refractivity contribution in [3.05, 3.63) is 0 Å². The fourth-order valence-electron chi connectivity index (χ4n) is 3.13. The summed E-state index contributed by atoms with van der Waals surface area (Å²) in [5.41, 5.74) is 0.520. The molecule has 2 bridgehead atoms. The molecule has 11 heavy (non-hydrogen) atoms. The third-order valence-electron chi connectivity index (χ3n) is 3.75. The Bertz CT molecular complexity index is 175. The van der Waals surface area contributed by atoms with Gasteiger partial charge < -0.3 is 0 Å². The average molecular weight is 153 g/mol. The smallest absolute Gasteiger partial charge is 0.0306 e. The monoisotopic (exact) mass is 153 g/mol. The van der Waals surface area contributed by atoms with E-state index in [-0.39, 0.29) is 5.89 Å². The van der Waals surface area contributed by atoms with Crippen LogP contribution in [0.5, 0.6) is 0 Å². The number of hydrogen-bond donors (Lipinski definition) is 0. The predicted octanol–water partition coefficient (Wildman–Crippen LogP) is 3.47. The summed E-state index contributed by atoms with van der Waals surface area (Å²) in [7, 11) is 0. The van der Waals surface area contributed by atoms with Crippen LogP contribution in [-0.4, -0.2) is 0 Å². The molecule has 64 valence electrons. The van der Waals surface area contributed by atoms with Gasteiger partial charge in [-0.15, -0.1) is 0 Å². The maximum Gasteiger partial charge on any atom is 0.0306 e. The molecule has 2 aliphatic rings. The van der Waals surface area contributed by atoms with E-state index in [0.717, 1.165) is 0 Å². The zero-order chi connectivity index (χ0) is 8.98. The van der Waals surface area contributed by atoms with Crippen molar-refractivity contribution in [2.45, 2.75) is 46.5 Å². The van der Waals surface area contributed by atoms with Gasteiger partial charge in [0.05, 0.1) is 0 Å². The minimum Gasteiger partial charge on any atom is -0.0620 e. The van der Waals surface area contributed by atoms with E-state index in [4.69, 9.17) is 1.37 Å². The Kier molecular flexibility index (Phi) is 1.33. The molecule has 0 saturated heterocycles. The van der Waals surface area contributed by atoms with Crippen LogP contribution in [0.4, 0.5) is 0 Å². The maximum absolute atomic E-state index is 8.28. The van der Waals surface area contributed by atoms with E-state index in [1.165, 1.54) is 25.7 Å². The summed E-state index contributed by atoms with van der Waals surface area (Å²) in [5.74, 6) is 1.28. The van der Waals surface area contributed by atoms with Gasteiger partial charge in [-0.1, -0.05) is 20.8 Å². The Hall–Kier alpha value is 0. The van der Waals surface area contributed by atoms with Crippen molar-refractivity contribution in [1.82, 2.24) is 0 Å². The molecule has 2 aliphatic carbocycles. The number of hydrogen-bond acceptors (Lipinski definition) is 0. The molecule has 2 saturated carbocycles. The SMILES string of the molecule is [2H]C1(C)C2CCC1CC(C)(C)C2. The lowest BCUT2D eigenvalue weighted by atomic mass is 9.67. The molecule has 2 atom stereocenters. The summed E-state index contributed by atoms with van der Waals surface area (Å²) < 4.78 is 8.28. The van der Waals surface area contributed by atoms with Crippen LogP contribution in [0.25, 0.3) is 0 Å². The van der Waals surface area contributed by atoms with Crippen LogP contribution < -0.4 is 0 Å². The van der Waals surface area contributed by atoms with Crippen molar-refractivity contribution in [1.29, 1.82) is 0 Å². The van der Waals surface area contributed by atoms with Crippen LogP contribution in [0.2, 0.25) is 0 Å². The van der Waals surface area contributed by atoms with Gasteiger partial charge in [0.25, 0.3) is 0 Å². The van der Waals surface area contributed by atoms with Crippen LogP contribution in [0.15, 0.2) is 0 Å². The highest BCUT2D eigenvalue weighted by molar-refractivity contribution is 4.93. The van der Waals surface area contributed by atoms with E-state index in [2.05, 4.69) is 20.8 Å². The fraction of sp³-hybridized carbons (Fsp3) is 1.00. The molecule has 0 heteroatoms. The highest BCUT2D eigenvalue weighted by atomic mass is 14.5. The second-order valence-corrected chi connectivity index (χ2v) is 5.29. The first-order chi connectivity index (χ1) is 5.42. The zero-order valence-electron chi connectivity index (χ0n) is 8.98. The predicted molar refractivity (Wildman–Crippen MR) is 48.4 cm³/mol. The minimum atomic E-state index is -0.0878. The molecule has 0 amide bonds. The normalized spacial score (nSPS) is 55.7. The Morgan fingerprint density at radius 1 is 1.18 bits per heavy atom. The standard InChI is InChI=1S/C11H20/c1-8-9-4-5-10(8)7-11(2,3)6-9/h8-10H,4-7H2,1-3H3/i8D. The van der Waals surface area contributed by atoms with E-state index in [1.54, 1.807) is 0 Å². The highest BCUT2D eigenvalue weighted by Crippen LogP contribution is 2.53. The second kappa shape index (κ2) is 2.24. The first kappa shape index (κ1) is 6.51. The van der Waals surface area contributed by atoms with Gasteiger partial charge in [0, 0.05) is 1.37 Å². The van der Waals surface area contributed by atoms with E-state index >= 15 is 0 Å². The van der Waals surface area contributed by atoms with Crippen molar-refractivity contribution < 1.29 is 1.37 Å². The quantitative estimate of drug-likeness (QED) is 0.500. The molecule has 0 aromatic carbocycles. The Morgan fingerprint density at radius 3 is 2.09 bits per heavy atom. The Labute approximate surface area is 71.8 Å². The molecule has 2 rings (SSSR count). The molecule has 2 unspecified atom stereocenters. The Morgan fingerprint density at radius 2 is 1.64 bits per heavy atom. The van der Waals surface area contributed by atoms with Crippen molar-refractivity contribution in [2.24, 2.45) is 23.1 Å². The summed E-state index contributed by atoms with van der Waals surface area (Å²) in [6.45, 7) is 6.89. The first-order valence-electron chi connectivity index (χ1n) is 5.42. The van der Waals surface area contributed by atoms with E-state index in [9.17, 15) is 0 Å². The molecule has 0 aliphatic heterocycles. The molecule has 0 spiro atoms. The second-order valence-electron chi connectivity index (χ2n) is 5.29. The summed E-state index contributed by atoms with van der Waals surface area (Å²) in [6.07, 6.45) is 5.19. The van der Waals surface area contributed by atoms with E-state index in [1.807, 2.05) is 0 Å². The summed E-state index contributed by atoms with van der Waals surface area (Å²) in [6, 6.07) is 0. The van der Waals surface area contributed by atoms with Crippen LogP contribution in [0.3, 0.4) is 0 Å². The molecule has 0 aromatic rings. The van der Waals surface area contributed by atoms with Crippen LogP contribution in [-0.2, 0) is 0 Å². The van der Waals surface area contributed by atoms with Crippen molar-refractivity contribution >= 4 is 0 Å². The molecule has 0 radical (unpaired) electrons. The summed E-state index contributed by atoms with van der Waals surface area (Å²) in [4.78, 5) is 0. The van der Waals surface area contributed by atoms with Gasteiger partial charge in [-0.25, -0.2) is 0 Å². The van der Waals surface area contributed by atoms with Gasteiger partial charge in [0.2, 0.25) is 0 Å². The zero-order valence-corrected chi connectivity index (χ0v) is 7.98. The van der Waals surface area contributed by atoms with Crippen LogP contribution >= 0.6 is 0 Å². The molecular formula is C11H20. The molecule has 0 nitrogen and oxygen atoms in total. The molecule has 0 N–H and O–H groups in total. The van der Waals surface area contributed by atoms with Gasteiger partial charge in [0.15, 0.2) is 0 Å². The maximum atomic E-state index is 8.28. The van der Waals surface area contributed by atoms with Gasteiger partial charge in [-0.2, -0.15) is 0 Å². The number of fused-ring (bicyclic) bond motifs is 2.